The van der Waals surface area contributed by atoms with Crippen LogP contribution >= 0.6 is 0 Å². The molecule has 0 amide bonds. The molecule has 2 aromatic rings. The first-order chi connectivity index (χ1) is 8.66. The minimum Gasteiger partial charge on any atom is -0.508 e. The summed E-state index contributed by atoms with van der Waals surface area (Å²) in [5.41, 5.74) is 1.12. The number of rotatable bonds is 5. The van der Waals surface area contributed by atoms with E-state index in [2.05, 4.69) is 4.98 Å². The zero-order valence-corrected chi connectivity index (χ0v) is 9.78. The maximum absolute atomic E-state index is 10.8. The van der Waals surface area contributed by atoms with E-state index in [1.807, 2.05) is 12.1 Å². The molecule has 1 heterocycles. The molecule has 5 heteroatoms. The van der Waals surface area contributed by atoms with Crippen molar-refractivity contribution >= 4 is 5.97 Å². The summed E-state index contributed by atoms with van der Waals surface area (Å²) < 4.78 is 1.63. The van der Waals surface area contributed by atoms with Crippen LogP contribution in [0.1, 0.15) is 22.6 Å². The van der Waals surface area contributed by atoms with E-state index in [1.165, 1.54) is 6.20 Å². The van der Waals surface area contributed by atoms with Crippen molar-refractivity contribution in [3.63, 3.8) is 0 Å². The van der Waals surface area contributed by atoms with Crippen LogP contribution in [0.15, 0.2) is 36.7 Å². The van der Waals surface area contributed by atoms with Gasteiger partial charge in [-0.25, -0.2) is 9.78 Å². The minimum atomic E-state index is -1.01. The first kappa shape index (κ1) is 12.2. The second-order valence-corrected chi connectivity index (χ2v) is 4.02. The third-order valence-corrected chi connectivity index (χ3v) is 2.71. The quantitative estimate of drug-likeness (QED) is 0.845. The maximum atomic E-state index is 10.8. The van der Waals surface area contributed by atoms with E-state index in [-0.39, 0.29) is 11.6 Å². The zero-order valence-electron chi connectivity index (χ0n) is 9.78. The maximum Gasteiger partial charge on any atom is 0.372 e. The van der Waals surface area contributed by atoms with E-state index in [9.17, 15) is 4.79 Å². The second-order valence-electron chi connectivity index (χ2n) is 4.02. The Morgan fingerprint density at radius 2 is 2.00 bits per heavy atom. The van der Waals surface area contributed by atoms with Crippen LogP contribution in [0.4, 0.5) is 0 Å². The SMILES string of the molecule is O=C(O)c1nccn1CCCc1ccc(O)cc1. The molecule has 94 valence electrons. The molecule has 0 unspecified atom stereocenters. The summed E-state index contributed by atoms with van der Waals surface area (Å²) in [6.45, 7) is 0.614. The molecule has 0 aliphatic heterocycles. The minimum absolute atomic E-state index is 0.0701. The fraction of sp³-hybridized carbons (Fsp3) is 0.231. The molecule has 2 rings (SSSR count). The van der Waals surface area contributed by atoms with E-state index in [4.69, 9.17) is 10.2 Å². The fourth-order valence-electron chi connectivity index (χ4n) is 1.80. The Hall–Kier alpha value is -2.30. The number of aromatic hydroxyl groups is 1. The molecule has 0 radical (unpaired) electrons. The van der Waals surface area contributed by atoms with Crippen LogP contribution in [0.5, 0.6) is 5.75 Å². The molecule has 0 aliphatic rings. The Labute approximate surface area is 104 Å². The third-order valence-electron chi connectivity index (χ3n) is 2.71. The van der Waals surface area contributed by atoms with Gasteiger partial charge in [0.15, 0.2) is 0 Å². The van der Waals surface area contributed by atoms with Crippen LogP contribution < -0.4 is 0 Å². The molecule has 18 heavy (non-hydrogen) atoms. The van der Waals surface area contributed by atoms with Gasteiger partial charge in [-0.3, -0.25) is 0 Å². The van der Waals surface area contributed by atoms with Crippen LogP contribution in [-0.2, 0) is 13.0 Å². The molecular formula is C13H14N2O3. The summed E-state index contributed by atoms with van der Waals surface area (Å²) in [5, 5.41) is 18.0. The van der Waals surface area contributed by atoms with Crippen molar-refractivity contribution in [3.8, 4) is 5.75 Å². The van der Waals surface area contributed by atoms with E-state index < -0.39 is 5.97 Å². The zero-order chi connectivity index (χ0) is 13.0. The standard InChI is InChI=1S/C13H14N2O3/c16-11-5-3-10(4-6-11)2-1-8-15-9-7-14-12(15)13(17)18/h3-7,9,16H,1-2,8H2,(H,17,18). The van der Waals surface area contributed by atoms with E-state index in [0.29, 0.717) is 6.54 Å². The molecule has 0 aliphatic carbocycles. The number of carbonyl (C=O) groups is 1. The molecular weight excluding hydrogens is 232 g/mol. The van der Waals surface area contributed by atoms with Crippen molar-refractivity contribution in [2.24, 2.45) is 0 Å². The monoisotopic (exact) mass is 246 g/mol. The van der Waals surface area contributed by atoms with Crippen LogP contribution in [-0.4, -0.2) is 25.7 Å². The number of phenolic OH excluding ortho intramolecular Hbond substituents is 1. The average molecular weight is 246 g/mol. The van der Waals surface area contributed by atoms with Crippen molar-refractivity contribution in [2.45, 2.75) is 19.4 Å². The summed E-state index contributed by atoms with van der Waals surface area (Å²) in [5.74, 6) is -0.688. The van der Waals surface area contributed by atoms with Gasteiger partial charge in [0, 0.05) is 18.9 Å². The topological polar surface area (TPSA) is 75.3 Å². The first-order valence-electron chi connectivity index (χ1n) is 5.69. The molecule has 0 saturated heterocycles. The highest BCUT2D eigenvalue weighted by atomic mass is 16.4. The lowest BCUT2D eigenvalue weighted by molar-refractivity contribution is 0.0678. The smallest absolute Gasteiger partial charge is 0.372 e. The van der Waals surface area contributed by atoms with Crippen LogP contribution in [0.2, 0.25) is 0 Å². The number of imidazole rings is 1. The van der Waals surface area contributed by atoms with Gasteiger partial charge in [-0.15, -0.1) is 0 Å². The number of hydrogen-bond donors (Lipinski definition) is 2. The summed E-state index contributed by atoms with van der Waals surface area (Å²) in [7, 11) is 0. The van der Waals surface area contributed by atoms with Gasteiger partial charge in [0.25, 0.3) is 0 Å². The number of aromatic carboxylic acids is 1. The van der Waals surface area contributed by atoms with Crippen molar-refractivity contribution in [1.29, 1.82) is 0 Å². The number of carboxylic acids is 1. The van der Waals surface area contributed by atoms with Gasteiger partial charge in [0.05, 0.1) is 0 Å². The van der Waals surface area contributed by atoms with Crippen molar-refractivity contribution in [3.05, 3.63) is 48.0 Å². The van der Waals surface area contributed by atoms with Gasteiger partial charge in [-0.2, -0.15) is 0 Å². The van der Waals surface area contributed by atoms with Gasteiger partial charge < -0.3 is 14.8 Å². The van der Waals surface area contributed by atoms with Crippen LogP contribution in [0, 0.1) is 0 Å². The lowest BCUT2D eigenvalue weighted by Crippen LogP contribution is -2.09. The predicted molar refractivity (Wildman–Crippen MR) is 65.6 cm³/mol. The number of benzene rings is 1. The number of hydrogen-bond acceptors (Lipinski definition) is 3. The van der Waals surface area contributed by atoms with Gasteiger partial charge in [0.2, 0.25) is 5.82 Å². The van der Waals surface area contributed by atoms with Crippen molar-refractivity contribution in [1.82, 2.24) is 9.55 Å². The van der Waals surface area contributed by atoms with E-state index in [1.54, 1.807) is 22.9 Å². The summed E-state index contributed by atoms with van der Waals surface area (Å²) in [6, 6.07) is 7.02. The summed E-state index contributed by atoms with van der Waals surface area (Å²) in [6.07, 6.45) is 4.81. The van der Waals surface area contributed by atoms with Gasteiger partial charge in [0.1, 0.15) is 5.75 Å². The van der Waals surface area contributed by atoms with Crippen LogP contribution in [0.25, 0.3) is 0 Å². The first-order valence-corrected chi connectivity index (χ1v) is 5.69. The van der Waals surface area contributed by atoms with E-state index >= 15 is 0 Å². The summed E-state index contributed by atoms with van der Waals surface area (Å²) in [4.78, 5) is 14.6. The Balaban J connectivity index is 1.90. The average Bonchev–Trinajstić information content (AvgIpc) is 2.80. The molecule has 0 spiro atoms. The third kappa shape index (κ3) is 2.88. The molecule has 1 aromatic carbocycles. The lowest BCUT2D eigenvalue weighted by atomic mass is 10.1. The van der Waals surface area contributed by atoms with Gasteiger partial charge in [-0.05, 0) is 30.5 Å². The number of carboxylic acid groups (broad SMARTS) is 1. The summed E-state index contributed by atoms with van der Waals surface area (Å²) >= 11 is 0. The number of aromatic nitrogens is 2. The molecule has 2 N–H and O–H groups in total. The number of nitrogens with zero attached hydrogens (tertiary/aromatic N) is 2. The molecule has 5 nitrogen and oxygen atoms in total. The normalized spacial score (nSPS) is 10.4. The Morgan fingerprint density at radius 1 is 1.28 bits per heavy atom. The molecule has 0 fully saturated rings. The highest BCUT2D eigenvalue weighted by Crippen LogP contribution is 2.11. The highest BCUT2D eigenvalue weighted by Gasteiger charge is 2.09. The fourth-order valence-corrected chi connectivity index (χ4v) is 1.80. The number of phenols is 1. The largest absolute Gasteiger partial charge is 0.508 e. The van der Waals surface area contributed by atoms with E-state index in [0.717, 1.165) is 18.4 Å². The molecule has 1 aromatic heterocycles. The molecule has 0 bridgehead atoms. The van der Waals surface area contributed by atoms with Gasteiger partial charge >= 0.3 is 5.97 Å². The number of aryl methyl sites for hydroxylation is 2. The van der Waals surface area contributed by atoms with Gasteiger partial charge in [-0.1, -0.05) is 12.1 Å². The highest BCUT2D eigenvalue weighted by molar-refractivity contribution is 5.83. The van der Waals surface area contributed by atoms with Crippen LogP contribution in [0.3, 0.4) is 0 Å². The predicted octanol–water partition coefficient (Wildman–Crippen LogP) is 1.92. The van der Waals surface area contributed by atoms with Crippen molar-refractivity contribution < 1.29 is 15.0 Å². The lowest BCUT2D eigenvalue weighted by Gasteiger charge is -2.05. The Morgan fingerprint density at radius 3 is 2.67 bits per heavy atom. The molecule has 0 atom stereocenters. The second kappa shape index (κ2) is 5.35. The molecule has 0 saturated carbocycles. The Bertz CT molecular complexity index is 531. The van der Waals surface area contributed by atoms with Crippen molar-refractivity contribution in [2.75, 3.05) is 0 Å². The Kier molecular flexibility index (Phi) is 3.62.